The second-order valence-electron chi connectivity index (χ2n) is 7.22. The minimum Gasteiger partial charge on any atom is -0.348 e. The molecule has 2 heterocycles. The van der Waals surface area contributed by atoms with Gasteiger partial charge in [-0.15, -0.1) is 12.4 Å². The van der Waals surface area contributed by atoms with Gasteiger partial charge in [0, 0.05) is 38.4 Å². The van der Waals surface area contributed by atoms with Gasteiger partial charge in [0.05, 0.1) is 0 Å². The molecule has 1 saturated carbocycles. The summed E-state index contributed by atoms with van der Waals surface area (Å²) in [5.74, 6) is -0.219. The molecule has 1 aromatic rings. The number of rotatable bonds is 4. The van der Waals surface area contributed by atoms with Gasteiger partial charge in [-0.1, -0.05) is 6.42 Å². The number of carbonyl (C=O) groups excluding carboxylic acids is 1. The van der Waals surface area contributed by atoms with Gasteiger partial charge in [-0.2, -0.15) is 4.31 Å². The maximum Gasteiger partial charge on any atom is 0.268 e. The van der Waals surface area contributed by atoms with Crippen LogP contribution >= 0.6 is 12.4 Å². The second-order valence-corrected chi connectivity index (χ2v) is 9.16. The molecule has 0 radical (unpaired) electrons. The summed E-state index contributed by atoms with van der Waals surface area (Å²) in [5.41, 5.74) is 6.28. The third-order valence-electron chi connectivity index (χ3n) is 5.27. The number of nitrogens with two attached hydrogens (primary N) is 1. The SMILES string of the molecule is Cl.Cn1cc(S(=O)(=O)N2CCCCC2)cc1C(=O)NC1CCC(N)CC1. The molecule has 1 saturated heterocycles. The lowest BCUT2D eigenvalue weighted by Gasteiger charge is -2.26. The second kappa shape index (κ2) is 8.73. The molecule has 148 valence electrons. The first kappa shape index (κ1) is 21.2. The molecule has 1 aliphatic heterocycles. The average molecular weight is 405 g/mol. The Morgan fingerprint density at radius 1 is 1.15 bits per heavy atom. The maximum atomic E-state index is 12.8. The molecule has 0 spiro atoms. The molecule has 2 aliphatic rings. The fraction of sp³-hybridized carbons (Fsp3) is 0.706. The number of nitrogens with one attached hydrogen (secondary N) is 1. The molecule has 0 atom stereocenters. The fourth-order valence-corrected chi connectivity index (χ4v) is 5.27. The average Bonchev–Trinajstić information content (AvgIpc) is 3.00. The van der Waals surface area contributed by atoms with Crippen molar-refractivity contribution < 1.29 is 13.2 Å². The largest absolute Gasteiger partial charge is 0.348 e. The Balaban J connectivity index is 0.00000243. The van der Waals surface area contributed by atoms with Crippen molar-refractivity contribution in [1.82, 2.24) is 14.2 Å². The van der Waals surface area contributed by atoms with E-state index in [-0.39, 0.29) is 35.3 Å². The van der Waals surface area contributed by atoms with Crippen molar-refractivity contribution in [3.8, 4) is 0 Å². The summed E-state index contributed by atoms with van der Waals surface area (Å²) in [5, 5.41) is 3.02. The van der Waals surface area contributed by atoms with E-state index in [4.69, 9.17) is 5.73 Å². The van der Waals surface area contributed by atoms with Gasteiger partial charge in [0.15, 0.2) is 0 Å². The molecule has 26 heavy (non-hydrogen) atoms. The molecular formula is C17H29ClN4O3S. The fourth-order valence-electron chi connectivity index (χ4n) is 3.68. The van der Waals surface area contributed by atoms with Gasteiger partial charge in [0.25, 0.3) is 5.91 Å². The van der Waals surface area contributed by atoms with Crippen molar-refractivity contribution in [2.75, 3.05) is 13.1 Å². The number of carbonyl (C=O) groups is 1. The van der Waals surface area contributed by atoms with Crippen LogP contribution in [0.2, 0.25) is 0 Å². The van der Waals surface area contributed by atoms with E-state index >= 15 is 0 Å². The lowest BCUT2D eigenvalue weighted by molar-refractivity contribution is 0.0917. The van der Waals surface area contributed by atoms with Gasteiger partial charge in [0.2, 0.25) is 10.0 Å². The lowest BCUT2D eigenvalue weighted by atomic mass is 9.92. The van der Waals surface area contributed by atoms with Crippen LogP contribution in [0.15, 0.2) is 17.2 Å². The van der Waals surface area contributed by atoms with E-state index in [0.717, 1.165) is 44.9 Å². The number of aryl methyl sites for hydroxylation is 1. The van der Waals surface area contributed by atoms with Crippen LogP contribution in [0.4, 0.5) is 0 Å². The van der Waals surface area contributed by atoms with E-state index in [1.165, 1.54) is 16.6 Å². The van der Waals surface area contributed by atoms with Gasteiger partial charge in [-0.05, 0) is 44.6 Å². The van der Waals surface area contributed by atoms with Crippen LogP contribution in [-0.2, 0) is 17.1 Å². The summed E-state index contributed by atoms with van der Waals surface area (Å²) in [4.78, 5) is 12.8. The number of hydrogen-bond acceptors (Lipinski definition) is 4. The Hall–Kier alpha value is -1.09. The van der Waals surface area contributed by atoms with Gasteiger partial charge >= 0.3 is 0 Å². The molecule has 3 rings (SSSR count). The standard InChI is InChI=1S/C17H28N4O3S.ClH/c1-20-12-15(25(23,24)21-9-3-2-4-10-21)11-16(20)17(22)19-14-7-5-13(18)6-8-14;/h11-14H,2-10,18H2,1H3,(H,19,22);1H. The van der Waals surface area contributed by atoms with Crippen LogP contribution in [0.5, 0.6) is 0 Å². The highest BCUT2D eigenvalue weighted by Crippen LogP contribution is 2.23. The number of halogens is 1. The van der Waals surface area contributed by atoms with Crippen LogP contribution in [-0.4, -0.2) is 48.4 Å². The quantitative estimate of drug-likeness (QED) is 0.796. The van der Waals surface area contributed by atoms with E-state index < -0.39 is 10.0 Å². The third kappa shape index (κ3) is 4.60. The molecule has 0 unspecified atom stereocenters. The zero-order valence-electron chi connectivity index (χ0n) is 15.2. The zero-order valence-corrected chi connectivity index (χ0v) is 16.8. The number of nitrogens with zero attached hydrogens (tertiary/aromatic N) is 2. The molecule has 1 amide bonds. The van der Waals surface area contributed by atoms with Crippen molar-refractivity contribution in [2.45, 2.75) is 61.9 Å². The van der Waals surface area contributed by atoms with Crippen molar-refractivity contribution >= 4 is 28.3 Å². The molecule has 7 nitrogen and oxygen atoms in total. The van der Waals surface area contributed by atoms with E-state index in [9.17, 15) is 13.2 Å². The Morgan fingerprint density at radius 2 is 1.77 bits per heavy atom. The number of hydrogen-bond donors (Lipinski definition) is 2. The van der Waals surface area contributed by atoms with E-state index in [1.807, 2.05) is 0 Å². The molecule has 0 bridgehead atoms. The van der Waals surface area contributed by atoms with Crippen LogP contribution in [0.3, 0.4) is 0 Å². The van der Waals surface area contributed by atoms with E-state index in [2.05, 4.69) is 5.32 Å². The predicted octanol–water partition coefficient (Wildman–Crippen LogP) is 1.62. The minimum absolute atomic E-state index is 0. The highest BCUT2D eigenvalue weighted by Gasteiger charge is 2.29. The first-order chi connectivity index (χ1) is 11.9. The van der Waals surface area contributed by atoms with Crippen LogP contribution in [0, 0.1) is 0 Å². The van der Waals surface area contributed by atoms with Crippen molar-refractivity contribution in [2.24, 2.45) is 12.8 Å². The Morgan fingerprint density at radius 3 is 2.38 bits per heavy atom. The van der Waals surface area contributed by atoms with Gasteiger partial charge in [-0.3, -0.25) is 4.79 Å². The van der Waals surface area contributed by atoms with Crippen LogP contribution in [0.1, 0.15) is 55.4 Å². The molecule has 0 aromatic carbocycles. The van der Waals surface area contributed by atoms with Gasteiger partial charge in [-0.25, -0.2) is 8.42 Å². The first-order valence-corrected chi connectivity index (χ1v) is 10.5. The normalized spacial score (nSPS) is 24.7. The molecule has 3 N–H and O–H groups in total. The predicted molar refractivity (Wildman–Crippen MR) is 103 cm³/mol. The van der Waals surface area contributed by atoms with Crippen molar-refractivity contribution in [3.05, 3.63) is 18.0 Å². The monoisotopic (exact) mass is 404 g/mol. The first-order valence-electron chi connectivity index (χ1n) is 9.11. The highest BCUT2D eigenvalue weighted by atomic mass is 35.5. The van der Waals surface area contributed by atoms with Crippen molar-refractivity contribution in [3.63, 3.8) is 0 Å². The summed E-state index contributed by atoms with van der Waals surface area (Å²) in [6, 6.07) is 1.84. The Kier molecular flexibility index (Phi) is 7.12. The minimum atomic E-state index is -3.52. The number of aromatic nitrogens is 1. The molecule has 1 aliphatic carbocycles. The zero-order chi connectivity index (χ0) is 18.0. The van der Waals surface area contributed by atoms with E-state index in [1.54, 1.807) is 11.6 Å². The Labute approximate surface area is 161 Å². The van der Waals surface area contributed by atoms with Gasteiger partial charge in [0.1, 0.15) is 10.6 Å². The number of piperidine rings is 1. The maximum absolute atomic E-state index is 12.8. The topological polar surface area (TPSA) is 97.4 Å². The molecular weight excluding hydrogens is 376 g/mol. The summed E-state index contributed by atoms with van der Waals surface area (Å²) in [7, 11) is -1.81. The van der Waals surface area contributed by atoms with Crippen molar-refractivity contribution in [1.29, 1.82) is 0 Å². The molecule has 2 fully saturated rings. The molecule has 9 heteroatoms. The van der Waals surface area contributed by atoms with Crippen LogP contribution < -0.4 is 11.1 Å². The summed E-state index contributed by atoms with van der Waals surface area (Å²) in [6.45, 7) is 1.11. The van der Waals surface area contributed by atoms with Gasteiger partial charge < -0.3 is 15.6 Å². The lowest BCUT2D eigenvalue weighted by Crippen LogP contribution is -2.40. The smallest absolute Gasteiger partial charge is 0.268 e. The number of amides is 1. The van der Waals surface area contributed by atoms with E-state index in [0.29, 0.717) is 18.8 Å². The number of sulfonamides is 1. The Bertz CT molecular complexity index is 720. The summed E-state index contributed by atoms with van der Waals surface area (Å²) in [6.07, 6.45) is 7.95. The van der Waals surface area contributed by atoms with Crippen LogP contribution in [0.25, 0.3) is 0 Å². The third-order valence-corrected chi connectivity index (χ3v) is 7.14. The summed E-state index contributed by atoms with van der Waals surface area (Å²) < 4.78 is 28.7. The molecule has 1 aromatic heterocycles. The summed E-state index contributed by atoms with van der Waals surface area (Å²) >= 11 is 0. The highest BCUT2D eigenvalue weighted by molar-refractivity contribution is 7.89.